The molecule has 7 heteroatoms. The number of H-pyrrole nitrogens is 1. The Hall–Kier alpha value is -0.108. The second-order valence-electron chi connectivity index (χ2n) is 2.32. The van der Waals surface area contributed by atoms with Crippen LogP contribution in [0.2, 0.25) is 5.02 Å². The molecule has 15 heavy (non-hydrogen) atoms. The standard InChI is InChI=1S/C8H6ClN3.2ClH.Pd/c9-6-2-1-3-10-7(6)8-11-4-5-12-8;;;/h1-5H,(H,11,12);2*1H;/q;;;+2/p-2. The molecular weight excluding hydrogens is 351 g/mol. The number of halogens is 3. The van der Waals surface area contributed by atoms with Gasteiger partial charge in [0, 0.05) is 18.6 Å². The molecule has 0 radical (unpaired) electrons. The van der Waals surface area contributed by atoms with Crippen LogP contribution in [0, 0.1) is 0 Å². The topological polar surface area (TPSA) is 41.6 Å². The monoisotopic (exact) mass is 355 g/mol. The van der Waals surface area contributed by atoms with Crippen molar-refractivity contribution in [1.82, 2.24) is 15.0 Å². The van der Waals surface area contributed by atoms with E-state index in [0.717, 1.165) is 0 Å². The Morgan fingerprint density at radius 1 is 1.20 bits per heavy atom. The minimum absolute atomic E-state index is 0.106. The summed E-state index contributed by atoms with van der Waals surface area (Å²) in [6.45, 7) is 0. The molecule has 0 atom stereocenters. The molecule has 0 saturated heterocycles. The van der Waals surface area contributed by atoms with Crippen LogP contribution in [0.3, 0.4) is 0 Å². The maximum absolute atomic E-state index is 5.89. The van der Waals surface area contributed by atoms with Crippen LogP contribution in [-0.2, 0) is 15.9 Å². The van der Waals surface area contributed by atoms with Gasteiger partial charge in [-0.25, -0.2) is 4.98 Å². The van der Waals surface area contributed by atoms with Crippen molar-refractivity contribution in [3.63, 3.8) is 0 Å². The second kappa shape index (κ2) is 7.21. The Kier molecular flexibility index (Phi) is 6.23. The Morgan fingerprint density at radius 3 is 2.47 bits per heavy atom. The molecule has 3 nitrogen and oxygen atoms in total. The van der Waals surface area contributed by atoms with Crippen molar-refractivity contribution in [2.24, 2.45) is 0 Å². The number of nitrogens with zero attached hydrogens (tertiary/aromatic N) is 2. The summed E-state index contributed by atoms with van der Waals surface area (Å²) in [6, 6.07) is 3.57. The van der Waals surface area contributed by atoms with Gasteiger partial charge in [0.05, 0.1) is 5.02 Å². The molecule has 0 bridgehead atoms. The number of imidazole rings is 1. The molecule has 0 aliphatic rings. The van der Waals surface area contributed by atoms with Gasteiger partial charge in [0.15, 0.2) is 5.82 Å². The van der Waals surface area contributed by atoms with Gasteiger partial charge in [0.1, 0.15) is 5.69 Å². The van der Waals surface area contributed by atoms with Crippen LogP contribution in [0.5, 0.6) is 0 Å². The number of hydrogen-bond donors (Lipinski definition) is 1. The van der Waals surface area contributed by atoms with E-state index in [1.807, 2.05) is 0 Å². The number of nitrogens with one attached hydrogen (secondary N) is 1. The van der Waals surface area contributed by atoms with Crippen LogP contribution in [0.25, 0.3) is 11.5 Å². The van der Waals surface area contributed by atoms with Crippen LogP contribution in [0.15, 0.2) is 30.7 Å². The predicted molar refractivity (Wildman–Crippen MR) is 58.5 cm³/mol. The van der Waals surface area contributed by atoms with Crippen LogP contribution in [0.1, 0.15) is 0 Å². The SMILES string of the molecule is Clc1cccnc1-c1ncc[nH]1.[Cl][Pd][Cl]. The van der Waals surface area contributed by atoms with Gasteiger partial charge in [0.2, 0.25) is 0 Å². The first-order valence-corrected chi connectivity index (χ1v) is 8.10. The van der Waals surface area contributed by atoms with Crippen molar-refractivity contribution in [3.8, 4) is 11.5 Å². The Morgan fingerprint density at radius 2 is 1.93 bits per heavy atom. The number of aromatic nitrogens is 3. The Balaban J connectivity index is 0.000000337. The van der Waals surface area contributed by atoms with Crippen molar-refractivity contribution in [2.75, 3.05) is 0 Å². The summed E-state index contributed by atoms with van der Waals surface area (Å²) in [7, 11) is 9.63. The van der Waals surface area contributed by atoms with E-state index in [9.17, 15) is 0 Å². The molecule has 2 heterocycles. The van der Waals surface area contributed by atoms with Crippen molar-refractivity contribution in [2.45, 2.75) is 0 Å². The van der Waals surface area contributed by atoms with Gasteiger partial charge < -0.3 is 4.98 Å². The van der Waals surface area contributed by atoms with Crippen LogP contribution >= 0.6 is 30.7 Å². The fourth-order valence-electron chi connectivity index (χ4n) is 0.955. The molecule has 0 aliphatic heterocycles. The molecule has 0 fully saturated rings. The molecule has 2 aromatic heterocycles. The van der Waals surface area contributed by atoms with Crippen molar-refractivity contribution in [3.05, 3.63) is 35.7 Å². The van der Waals surface area contributed by atoms with Crippen LogP contribution < -0.4 is 0 Å². The average Bonchev–Trinajstić information content (AvgIpc) is 2.72. The summed E-state index contributed by atoms with van der Waals surface area (Å²) in [5, 5.41) is 0.604. The molecule has 0 aromatic carbocycles. The van der Waals surface area contributed by atoms with Gasteiger partial charge in [-0.3, -0.25) is 4.98 Å². The van der Waals surface area contributed by atoms with E-state index in [1.165, 1.54) is 0 Å². The third kappa shape index (κ3) is 4.10. The molecule has 2 rings (SSSR count). The fraction of sp³-hybridized carbons (Fsp3) is 0. The third-order valence-corrected chi connectivity index (χ3v) is 1.79. The fourth-order valence-corrected chi connectivity index (χ4v) is 1.17. The Bertz CT molecular complexity index is 394. The van der Waals surface area contributed by atoms with Crippen LogP contribution in [0.4, 0.5) is 0 Å². The summed E-state index contributed by atoms with van der Waals surface area (Å²) in [4.78, 5) is 11.1. The van der Waals surface area contributed by atoms with E-state index in [4.69, 9.17) is 30.7 Å². The van der Waals surface area contributed by atoms with Crippen molar-refractivity contribution < 1.29 is 15.9 Å². The Labute approximate surface area is 108 Å². The average molecular weight is 357 g/mol. The normalized spacial score (nSPS) is 9.53. The zero-order valence-electron chi connectivity index (χ0n) is 7.23. The summed E-state index contributed by atoms with van der Waals surface area (Å²) in [5.41, 5.74) is 0.684. The first-order valence-electron chi connectivity index (χ1n) is 3.72. The molecule has 0 spiro atoms. The molecule has 0 aliphatic carbocycles. The van der Waals surface area contributed by atoms with Gasteiger partial charge in [-0.05, 0) is 12.1 Å². The molecule has 0 amide bonds. The number of pyridine rings is 1. The number of aromatic amines is 1. The first kappa shape index (κ1) is 13.0. The summed E-state index contributed by atoms with van der Waals surface area (Å²) < 4.78 is 0. The van der Waals surface area contributed by atoms with E-state index in [-0.39, 0.29) is 15.9 Å². The molecule has 0 saturated carbocycles. The minimum atomic E-state index is -0.106. The van der Waals surface area contributed by atoms with E-state index in [0.29, 0.717) is 16.5 Å². The summed E-state index contributed by atoms with van der Waals surface area (Å²) in [5.74, 6) is 0.695. The van der Waals surface area contributed by atoms with Crippen LogP contribution in [-0.4, -0.2) is 15.0 Å². The quantitative estimate of drug-likeness (QED) is 0.794. The molecular formula is C8H6Cl3N3Pd. The third-order valence-electron chi connectivity index (χ3n) is 1.48. The molecule has 84 valence electrons. The molecule has 0 unspecified atom stereocenters. The van der Waals surface area contributed by atoms with Crippen molar-refractivity contribution >= 4 is 30.7 Å². The number of rotatable bonds is 1. The van der Waals surface area contributed by atoms with Gasteiger partial charge >= 0.3 is 35.0 Å². The summed E-state index contributed by atoms with van der Waals surface area (Å²) in [6.07, 6.45) is 5.09. The van der Waals surface area contributed by atoms with Gasteiger partial charge in [0.25, 0.3) is 0 Å². The summed E-state index contributed by atoms with van der Waals surface area (Å²) >= 11 is 5.79. The number of hydrogen-bond acceptors (Lipinski definition) is 2. The molecule has 2 aromatic rings. The van der Waals surface area contributed by atoms with E-state index >= 15 is 0 Å². The van der Waals surface area contributed by atoms with Gasteiger partial charge in [-0.2, -0.15) is 0 Å². The molecule has 1 N–H and O–H groups in total. The van der Waals surface area contributed by atoms with Gasteiger partial charge in [-0.15, -0.1) is 0 Å². The van der Waals surface area contributed by atoms with E-state index in [2.05, 4.69) is 15.0 Å². The van der Waals surface area contributed by atoms with Gasteiger partial charge in [-0.1, -0.05) is 11.6 Å². The van der Waals surface area contributed by atoms with Crippen molar-refractivity contribution in [1.29, 1.82) is 0 Å². The van der Waals surface area contributed by atoms with E-state index < -0.39 is 0 Å². The second-order valence-corrected chi connectivity index (χ2v) is 5.08. The zero-order chi connectivity index (χ0) is 11.1. The van der Waals surface area contributed by atoms with E-state index in [1.54, 1.807) is 30.7 Å². The first-order chi connectivity index (χ1) is 7.29. The zero-order valence-corrected chi connectivity index (χ0v) is 11.1. The maximum atomic E-state index is 5.89. The predicted octanol–water partition coefficient (Wildman–Crippen LogP) is 3.50.